The van der Waals surface area contributed by atoms with Gasteiger partial charge in [0, 0.05) is 30.8 Å². The Balaban J connectivity index is 2.29. The van der Waals surface area contributed by atoms with E-state index in [2.05, 4.69) is 16.3 Å². The van der Waals surface area contributed by atoms with E-state index in [-0.39, 0.29) is 4.90 Å². The molecule has 2 rings (SSSR count). The van der Waals surface area contributed by atoms with Gasteiger partial charge in [-0.2, -0.15) is 9.57 Å². The number of aromatic nitrogens is 3. The minimum absolute atomic E-state index is 0.199. The number of nitriles is 1. The predicted octanol–water partition coefficient (Wildman–Crippen LogP) is 2.09. The quantitative estimate of drug-likeness (QED) is 0.393. The number of nitrogens with two attached hydrogens (primary N) is 1. The highest BCUT2D eigenvalue weighted by atomic mass is 32.2. The first-order valence-corrected chi connectivity index (χ1v) is 10.7. The summed E-state index contributed by atoms with van der Waals surface area (Å²) in [6.07, 6.45) is 1.21. The molecule has 0 spiro atoms. The van der Waals surface area contributed by atoms with Crippen LogP contribution in [0.15, 0.2) is 34.3 Å². The fourth-order valence-electron chi connectivity index (χ4n) is 2.40. The van der Waals surface area contributed by atoms with Gasteiger partial charge in [-0.15, -0.1) is 10.2 Å². The Morgan fingerprint density at radius 3 is 2.69 bits per heavy atom. The SMILES string of the molecule is CCN(CC)S(=O)(=O)c1cccc(-c2nnc(SCCCC#N)n2N)c1. The van der Waals surface area contributed by atoms with E-state index < -0.39 is 10.0 Å². The Kier molecular flexibility index (Phi) is 7.02. The van der Waals surface area contributed by atoms with Gasteiger partial charge in [0.15, 0.2) is 5.82 Å². The normalized spacial score (nSPS) is 11.6. The second-order valence-corrected chi connectivity index (χ2v) is 8.40. The van der Waals surface area contributed by atoms with Gasteiger partial charge in [0.2, 0.25) is 15.2 Å². The molecule has 10 heteroatoms. The van der Waals surface area contributed by atoms with Crippen molar-refractivity contribution in [2.45, 2.75) is 36.7 Å². The third kappa shape index (κ3) is 4.35. The Bertz CT molecular complexity index is 884. The van der Waals surface area contributed by atoms with Crippen LogP contribution in [0.4, 0.5) is 0 Å². The Morgan fingerprint density at radius 2 is 2.04 bits per heavy atom. The third-order valence-corrected chi connectivity index (χ3v) is 6.84. The van der Waals surface area contributed by atoms with Gasteiger partial charge in [-0.05, 0) is 18.6 Å². The van der Waals surface area contributed by atoms with E-state index in [9.17, 15) is 8.42 Å². The summed E-state index contributed by atoms with van der Waals surface area (Å²) in [5, 5.41) is 17.2. The summed E-state index contributed by atoms with van der Waals surface area (Å²) in [4.78, 5) is 0.199. The van der Waals surface area contributed by atoms with Crippen molar-refractivity contribution >= 4 is 21.8 Å². The molecule has 2 N–H and O–H groups in total. The van der Waals surface area contributed by atoms with Crippen LogP contribution in [0.5, 0.6) is 0 Å². The van der Waals surface area contributed by atoms with Crippen LogP contribution in [0, 0.1) is 11.3 Å². The van der Waals surface area contributed by atoms with Crippen LogP contribution >= 0.6 is 11.8 Å². The molecule has 2 aromatic rings. The summed E-state index contributed by atoms with van der Waals surface area (Å²) < 4.78 is 28.1. The minimum Gasteiger partial charge on any atom is -0.335 e. The smallest absolute Gasteiger partial charge is 0.243 e. The van der Waals surface area contributed by atoms with Crippen molar-refractivity contribution < 1.29 is 8.42 Å². The molecule has 26 heavy (non-hydrogen) atoms. The lowest BCUT2D eigenvalue weighted by Gasteiger charge is -2.18. The average molecular weight is 395 g/mol. The molecule has 0 saturated carbocycles. The highest BCUT2D eigenvalue weighted by Crippen LogP contribution is 2.25. The largest absolute Gasteiger partial charge is 0.335 e. The number of unbranched alkanes of at least 4 members (excludes halogenated alkanes) is 1. The van der Waals surface area contributed by atoms with Gasteiger partial charge >= 0.3 is 0 Å². The number of rotatable bonds is 9. The lowest BCUT2D eigenvalue weighted by Crippen LogP contribution is -2.30. The molecule has 0 aliphatic heterocycles. The maximum atomic E-state index is 12.7. The number of benzene rings is 1. The molecule has 1 heterocycles. The maximum Gasteiger partial charge on any atom is 0.243 e. The molecule has 0 atom stereocenters. The van der Waals surface area contributed by atoms with E-state index in [0.717, 1.165) is 6.42 Å². The van der Waals surface area contributed by atoms with Crippen molar-refractivity contribution in [2.24, 2.45) is 0 Å². The van der Waals surface area contributed by atoms with E-state index >= 15 is 0 Å². The average Bonchev–Trinajstić information content (AvgIpc) is 3.00. The van der Waals surface area contributed by atoms with Crippen molar-refractivity contribution in [3.8, 4) is 17.5 Å². The summed E-state index contributed by atoms with van der Waals surface area (Å²) in [5.41, 5.74) is 0.581. The van der Waals surface area contributed by atoms with Gasteiger partial charge in [0.25, 0.3) is 0 Å². The van der Waals surface area contributed by atoms with Crippen molar-refractivity contribution in [1.29, 1.82) is 5.26 Å². The van der Waals surface area contributed by atoms with Gasteiger partial charge in [-0.3, -0.25) is 0 Å². The van der Waals surface area contributed by atoms with Crippen molar-refractivity contribution in [3.05, 3.63) is 24.3 Å². The minimum atomic E-state index is -3.56. The van der Waals surface area contributed by atoms with Crippen molar-refractivity contribution in [3.63, 3.8) is 0 Å². The van der Waals surface area contributed by atoms with E-state index in [1.165, 1.54) is 20.7 Å². The summed E-state index contributed by atoms with van der Waals surface area (Å²) in [6, 6.07) is 8.63. The molecule has 0 saturated heterocycles. The van der Waals surface area contributed by atoms with Crippen LogP contribution in [0.2, 0.25) is 0 Å². The molecule has 1 aromatic carbocycles. The number of thioether (sulfide) groups is 1. The second kappa shape index (κ2) is 9.02. The van der Waals surface area contributed by atoms with Crippen LogP contribution in [-0.4, -0.2) is 46.4 Å². The monoisotopic (exact) mass is 394 g/mol. The fraction of sp³-hybridized carbons (Fsp3) is 0.438. The van der Waals surface area contributed by atoms with Crippen molar-refractivity contribution in [1.82, 2.24) is 19.2 Å². The van der Waals surface area contributed by atoms with E-state index in [1.54, 1.807) is 38.1 Å². The number of hydrogen-bond acceptors (Lipinski definition) is 7. The zero-order valence-electron chi connectivity index (χ0n) is 14.8. The molecule has 140 valence electrons. The Morgan fingerprint density at radius 1 is 1.31 bits per heavy atom. The standard InChI is InChI=1S/C16H22N6O2S2/c1-3-21(4-2)26(23,24)14-9-7-8-13(12-14)15-19-20-16(22(15)18)25-11-6-5-10-17/h7-9,12H,3-6,11,18H2,1-2H3. The third-order valence-electron chi connectivity index (χ3n) is 3.76. The topological polar surface area (TPSA) is 118 Å². The summed E-state index contributed by atoms with van der Waals surface area (Å²) >= 11 is 1.41. The Labute approximate surface area is 158 Å². The molecular formula is C16H22N6O2S2. The van der Waals surface area contributed by atoms with Crippen LogP contribution in [0.1, 0.15) is 26.7 Å². The molecule has 8 nitrogen and oxygen atoms in total. The molecule has 0 radical (unpaired) electrons. The van der Waals surface area contributed by atoms with Crippen molar-refractivity contribution in [2.75, 3.05) is 24.7 Å². The fourth-order valence-corrected chi connectivity index (χ4v) is 4.70. The molecule has 0 amide bonds. The predicted molar refractivity (Wildman–Crippen MR) is 101 cm³/mol. The number of sulfonamides is 1. The maximum absolute atomic E-state index is 12.7. The van der Waals surface area contributed by atoms with Crippen LogP contribution in [0.25, 0.3) is 11.4 Å². The Hall–Kier alpha value is -2.09. The highest BCUT2D eigenvalue weighted by Gasteiger charge is 2.22. The van der Waals surface area contributed by atoms with E-state index in [4.69, 9.17) is 11.1 Å². The van der Waals surface area contributed by atoms with Crippen LogP contribution < -0.4 is 5.84 Å². The first-order valence-electron chi connectivity index (χ1n) is 8.26. The zero-order valence-corrected chi connectivity index (χ0v) is 16.4. The summed E-state index contributed by atoms with van der Waals surface area (Å²) in [7, 11) is -3.56. The van der Waals surface area contributed by atoms with Gasteiger partial charge in [0.05, 0.1) is 11.0 Å². The summed E-state index contributed by atoms with van der Waals surface area (Å²) in [6.45, 7) is 4.41. The molecule has 1 aromatic heterocycles. The molecular weight excluding hydrogens is 372 g/mol. The number of nitrogens with zero attached hydrogens (tertiary/aromatic N) is 5. The molecule has 0 aliphatic rings. The highest BCUT2D eigenvalue weighted by molar-refractivity contribution is 7.99. The lowest BCUT2D eigenvalue weighted by molar-refractivity contribution is 0.445. The van der Waals surface area contributed by atoms with Crippen LogP contribution in [0.3, 0.4) is 0 Å². The molecule has 0 unspecified atom stereocenters. The second-order valence-electron chi connectivity index (χ2n) is 5.40. The van der Waals surface area contributed by atoms with Gasteiger partial charge in [-0.25, -0.2) is 13.1 Å². The zero-order chi connectivity index (χ0) is 19.2. The lowest BCUT2D eigenvalue weighted by atomic mass is 10.2. The number of nitrogen functional groups attached to an aromatic ring is 1. The molecule has 0 aliphatic carbocycles. The first-order chi connectivity index (χ1) is 12.5. The molecule has 0 fully saturated rings. The van der Waals surface area contributed by atoms with Gasteiger partial charge in [-0.1, -0.05) is 37.7 Å². The molecule has 0 bridgehead atoms. The number of hydrogen-bond donors (Lipinski definition) is 1. The van der Waals surface area contributed by atoms with Gasteiger partial charge < -0.3 is 5.84 Å². The van der Waals surface area contributed by atoms with E-state index in [1.807, 2.05) is 0 Å². The van der Waals surface area contributed by atoms with Gasteiger partial charge in [0.1, 0.15) is 0 Å². The summed E-state index contributed by atoms with van der Waals surface area (Å²) in [5.74, 6) is 7.17. The van der Waals surface area contributed by atoms with E-state index in [0.29, 0.717) is 41.8 Å². The van der Waals surface area contributed by atoms with Crippen LogP contribution in [-0.2, 0) is 10.0 Å². The first kappa shape index (κ1) is 20.2.